The van der Waals surface area contributed by atoms with Crippen molar-refractivity contribution in [1.29, 1.82) is 0 Å². The third-order valence-corrected chi connectivity index (χ3v) is 3.93. The predicted octanol–water partition coefficient (Wildman–Crippen LogP) is -0.364. The summed E-state index contributed by atoms with van der Waals surface area (Å²) in [6.07, 6.45) is -2.49. The Bertz CT molecular complexity index is 579. The molecule has 4 atom stereocenters. The standard InChI is InChI=1S/C16H20N2O5/c1-10(9-19)17-15(20)13-14-16(21)18(8-12(22-13)23-14)7-11-5-3-2-4-6-11/h2-6,10,12-14,19H,7-9H2,1H3,(H,17,20)/t10-,12-,13+,14-/m0/s1. The summed E-state index contributed by atoms with van der Waals surface area (Å²) >= 11 is 0. The van der Waals surface area contributed by atoms with E-state index < -0.39 is 30.4 Å². The molecule has 0 unspecified atom stereocenters. The summed E-state index contributed by atoms with van der Waals surface area (Å²) in [5.41, 5.74) is 1.01. The molecular formula is C16H20N2O5. The Hall–Kier alpha value is -1.96. The Balaban J connectivity index is 1.67. The maximum absolute atomic E-state index is 12.5. The van der Waals surface area contributed by atoms with Crippen LogP contribution in [0.1, 0.15) is 12.5 Å². The van der Waals surface area contributed by atoms with Gasteiger partial charge in [0.1, 0.15) is 0 Å². The van der Waals surface area contributed by atoms with E-state index in [1.165, 1.54) is 0 Å². The summed E-state index contributed by atoms with van der Waals surface area (Å²) in [6.45, 7) is 2.25. The lowest BCUT2D eigenvalue weighted by atomic mass is 10.1. The van der Waals surface area contributed by atoms with E-state index in [-0.39, 0.29) is 12.5 Å². The van der Waals surface area contributed by atoms with Crippen LogP contribution in [0.4, 0.5) is 0 Å². The Morgan fingerprint density at radius 1 is 1.39 bits per heavy atom. The molecule has 2 amide bonds. The molecule has 2 saturated heterocycles. The fraction of sp³-hybridized carbons (Fsp3) is 0.500. The van der Waals surface area contributed by atoms with E-state index in [1.54, 1.807) is 11.8 Å². The molecular weight excluding hydrogens is 300 g/mol. The van der Waals surface area contributed by atoms with Gasteiger partial charge < -0.3 is 24.8 Å². The Morgan fingerprint density at radius 2 is 2.13 bits per heavy atom. The largest absolute Gasteiger partial charge is 0.394 e. The molecule has 2 aliphatic rings. The molecule has 2 aliphatic heterocycles. The first kappa shape index (κ1) is 15.9. The van der Waals surface area contributed by atoms with Crippen LogP contribution in [0.25, 0.3) is 0 Å². The van der Waals surface area contributed by atoms with Gasteiger partial charge in [-0.05, 0) is 12.5 Å². The number of aliphatic hydroxyl groups is 1. The van der Waals surface area contributed by atoms with Gasteiger partial charge in [0.25, 0.3) is 11.8 Å². The van der Waals surface area contributed by atoms with Gasteiger partial charge in [-0.3, -0.25) is 9.59 Å². The molecule has 0 saturated carbocycles. The fourth-order valence-electron chi connectivity index (χ4n) is 2.74. The van der Waals surface area contributed by atoms with Gasteiger partial charge in [-0.15, -0.1) is 0 Å². The molecule has 2 fully saturated rings. The molecule has 1 aromatic carbocycles. The van der Waals surface area contributed by atoms with Crippen molar-refractivity contribution in [2.24, 2.45) is 0 Å². The minimum absolute atomic E-state index is 0.179. The lowest BCUT2D eigenvalue weighted by molar-refractivity contribution is -0.162. The van der Waals surface area contributed by atoms with Crippen LogP contribution in [-0.4, -0.2) is 59.5 Å². The second-order valence-corrected chi connectivity index (χ2v) is 5.84. The zero-order chi connectivity index (χ0) is 16.4. The van der Waals surface area contributed by atoms with Crippen molar-refractivity contribution in [3.8, 4) is 0 Å². The number of aliphatic hydroxyl groups excluding tert-OH is 1. The highest BCUT2D eigenvalue weighted by Crippen LogP contribution is 2.28. The van der Waals surface area contributed by atoms with Crippen LogP contribution < -0.4 is 5.32 Å². The van der Waals surface area contributed by atoms with Crippen LogP contribution in [0.3, 0.4) is 0 Å². The highest BCUT2D eigenvalue weighted by molar-refractivity contribution is 5.92. The number of carbonyl (C=O) groups excluding carboxylic acids is 2. The number of hydrogen-bond acceptors (Lipinski definition) is 5. The molecule has 1 aromatic rings. The van der Waals surface area contributed by atoms with Crippen molar-refractivity contribution < 1.29 is 24.2 Å². The topological polar surface area (TPSA) is 88.1 Å². The number of rotatable bonds is 5. The molecule has 0 aromatic heterocycles. The Labute approximate surface area is 134 Å². The summed E-state index contributed by atoms with van der Waals surface area (Å²) in [6, 6.07) is 9.23. The van der Waals surface area contributed by atoms with Gasteiger partial charge in [0, 0.05) is 12.6 Å². The van der Waals surface area contributed by atoms with Crippen molar-refractivity contribution in [1.82, 2.24) is 10.2 Å². The third kappa shape index (κ3) is 3.36. The second-order valence-electron chi connectivity index (χ2n) is 5.84. The van der Waals surface area contributed by atoms with Crippen LogP contribution in [-0.2, 0) is 25.6 Å². The van der Waals surface area contributed by atoms with Crippen molar-refractivity contribution in [2.45, 2.75) is 38.0 Å². The van der Waals surface area contributed by atoms with Gasteiger partial charge >= 0.3 is 0 Å². The monoisotopic (exact) mass is 320 g/mol. The molecule has 23 heavy (non-hydrogen) atoms. The molecule has 0 radical (unpaired) electrons. The van der Waals surface area contributed by atoms with E-state index in [4.69, 9.17) is 14.6 Å². The molecule has 7 nitrogen and oxygen atoms in total. The molecule has 2 heterocycles. The zero-order valence-corrected chi connectivity index (χ0v) is 12.8. The Morgan fingerprint density at radius 3 is 2.83 bits per heavy atom. The normalized spacial score (nSPS) is 27.8. The summed E-state index contributed by atoms with van der Waals surface area (Å²) < 4.78 is 11.0. The van der Waals surface area contributed by atoms with Crippen molar-refractivity contribution in [3.05, 3.63) is 35.9 Å². The highest BCUT2D eigenvalue weighted by atomic mass is 16.7. The van der Waals surface area contributed by atoms with Crippen molar-refractivity contribution >= 4 is 11.8 Å². The SMILES string of the molecule is C[C@@H](CO)NC(=O)[C@@H]1O[C@@H]2CN(Cc3ccccc3)C(=O)[C@H]1O2. The minimum atomic E-state index is -0.970. The summed E-state index contributed by atoms with van der Waals surface area (Å²) in [7, 11) is 0. The van der Waals surface area contributed by atoms with Crippen molar-refractivity contribution in [3.63, 3.8) is 0 Å². The van der Waals surface area contributed by atoms with E-state index in [9.17, 15) is 9.59 Å². The van der Waals surface area contributed by atoms with Gasteiger partial charge in [-0.25, -0.2) is 0 Å². The average molecular weight is 320 g/mol. The molecule has 124 valence electrons. The molecule has 0 aliphatic carbocycles. The first-order valence-electron chi connectivity index (χ1n) is 7.63. The van der Waals surface area contributed by atoms with E-state index in [0.717, 1.165) is 5.56 Å². The lowest BCUT2D eigenvalue weighted by Crippen LogP contribution is -2.52. The summed E-state index contributed by atoms with van der Waals surface area (Å²) in [4.78, 5) is 26.4. The molecule has 2 bridgehead atoms. The molecule has 0 spiro atoms. The van der Waals surface area contributed by atoms with E-state index in [2.05, 4.69) is 5.32 Å². The number of benzene rings is 1. The average Bonchev–Trinajstić information content (AvgIpc) is 2.93. The first-order chi connectivity index (χ1) is 11.1. The fourth-order valence-corrected chi connectivity index (χ4v) is 2.74. The number of carbonyl (C=O) groups is 2. The number of fused-ring (bicyclic) bond motifs is 2. The van der Waals surface area contributed by atoms with Crippen LogP contribution in [0.15, 0.2) is 30.3 Å². The minimum Gasteiger partial charge on any atom is -0.394 e. The second kappa shape index (κ2) is 6.66. The first-order valence-corrected chi connectivity index (χ1v) is 7.63. The maximum atomic E-state index is 12.5. The van der Waals surface area contributed by atoms with E-state index >= 15 is 0 Å². The number of nitrogens with one attached hydrogen (secondary N) is 1. The number of nitrogens with zero attached hydrogens (tertiary/aromatic N) is 1. The van der Waals surface area contributed by atoms with Gasteiger partial charge in [-0.2, -0.15) is 0 Å². The predicted molar refractivity (Wildman–Crippen MR) is 80.1 cm³/mol. The van der Waals surface area contributed by atoms with Crippen molar-refractivity contribution in [2.75, 3.05) is 13.2 Å². The van der Waals surface area contributed by atoms with Gasteiger partial charge in [0.2, 0.25) is 0 Å². The van der Waals surface area contributed by atoms with Crippen LogP contribution in [0.5, 0.6) is 0 Å². The third-order valence-electron chi connectivity index (χ3n) is 3.93. The van der Waals surface area contributed by atoms with Crippen LogP contribution >= 0.6 is 0 Å². The quantitative estimate of drug-likeness (QED) is 0.773. The van der Waals surface area contributed by atoms with E-state index in [0.29, 0.717) is 13.1 Å². The maximum Gasteiger partial charge on any atom is 0.255 e. The van der Waals surface area contributed by atoms with Gasteiger partial charge in [0.15, 0.2) is 18.5 Å². The van der Waals surface area contributed by atoms with E-state index in [1.807, 2.05) is 30.3 Å². The van der Waals surface area contributed by atoms with Gasteiger partial charge in [-0.1, -0.05) is 30.3 Å². The summed E-state index contributed by atoms with van der Waals surface area (Å²) in [5.74, 6) is -0.687. The summed E-state index contributed by atoms with van der Waals surface area (Å²) in [5, 5.41) is 11.6. The smallest absolute Gasteiger partial charge is 0.255 e. The van der Waals surface area contributed by atoms with Crippen LogP contribution in [0.2, 0.25) is 0 Å². The van der Waals surface area contributed by atoms with Crippen LogP contribution in [0, 0.1) is 0 Å². The number of amides is 2. The Kier molecular flexibility index (Phi) is 4.61. The van der Waals surface area contributed by atoms with Gasteiger partial charge in [0.05, 0.1) is 13.2 Å². The number of ether oxygens (including phenoxy) is 2. The molecule has 3 rings (SSSR count). The highest BCUT2D eigenvalue weighted by Gasteiger charge is 2.51. The zero-order valence-electron chi connectivity index (χ0n) is 12.8. The molecule has 2 N–H and O–H groups in total. The molecule has 7 heteroatoms. The number of morpholine rings is 1. The lowest BCUT2D eigenvalue weighted by Gasteiger charge is -2.30. The number of hydrogen-bond donors (Lipinski definition) is 2.